The molecule has 0 saturated carbocycles. The SMILES string of the molecule is O=c1[nH]c2oc3ncncc3c2c2ccccc12. The summed E-state index contributed by atoms with van der Waals surface area (Å²) in [5.74, 6) is 0. The van der Waals surface area contributed by atoms with E-state index in [4.69, 9.17) is 4.42 Å². The number of benzene rings is 1. The lowest BCUT2D eigenvalue weighted by atomic mass is 10.1. The molecule has 4 rings (SSSR count). The highest BCUT2D eigenvalue weighted by Crippen LogP contribution is 2.29. The minimum absolute atomic E-state index is 0.162. The summed E-state index contributed by atoms with van der Waals surface area (Å²) in [7, 11) is 0. The first-order valence-corrected chi connectivity index (χ1v) is 5.48. The number of aromatic amines is 1. The maximum absolute atomic E-state index is 11.9. The van der Waals surface area contributed by atoms with Crippen molar-refractivity contribution in [3.8, 4) is 0 Å². The van der Waals surface area contributed by atoms with Crippen LogP contribution < -0.4 is 5.56 Å². The Morgan fingerprint density at radius 1 is 1.11 bits per heavy atom. The van der Waals surface area contributed by atoms with Crippen molar-refractivity contribution in [3.63, 3.8) is 0 Å². The maximum Gasteiger partial charge on any atom is 0.258 e. The van der Waals surface area contributed by atoms with Gasteiger partial charge in [-0.25, -0.2) is 9.97 Å². The van der Waals surface area contributed by atoms with Crippen LogP contribution in [0.5, 0.6) is 0 Å². The van der Waals surface area contributed by atoms with E-state index in [1.165, 1.54) is 6.33 Å². The van der Waals surface area contributed by atoms with E-state index >= 15 is 0 Å². The number of nitrogens with zero attached hydrogens (tertiary/aromatic N) is 2. The van der Waals surface area contributed by atoms with Crippen LogP contribution in [0.3, 0.4) is 0 Å². The van der Waals surface area contributed by atoms with E-state index in [0.717, 1.165) is 16.2 Å². The van der Waals surface area contributed by atoms with Crippen LogP contribution in [0, 0.1) is 0 Å². The van der Waals surface area contributed by atoms with Crippen LogP contribution >= 0.6 is 0 Å². The number of H-pyrrole nitrogens is 1. The van der Waals surface area contributed by atoms with Crippen LogP contribution in [0.4, 0.5) is 0 Å². The number of fused-ring (bicyclic) bond motifs is 5. The molecule has 0 bridgehead atoms. The molecular formula is C13H7N3O2. The summed E-state index contributed by atoms with van der Waals surface area (Å²) in [6, 6.07) is 7.41. The summed E-state index contributed by atoms with van der Waals surface area (Å²) in [6.07, 6.45) is 3.12. The molecule has 3 aromatic heterocycles. The molecule has 0 saturated heterocycles. The first kappa shape index (κ1) is 9.35. The summed E-state index contributed by atoms with van der Waals surface area (Å²) in [5, 5.41) is 3.14. The van der Waals surface area contributed by atoms with E-state index in [1.54, 1.807) is 12.3 Å². The van der Waals surface area contributed by atoms with Gasteiger partial charge in [-0.2, -0.15) is 0 Å². The lowest BCUT2D eigenvalue weighted by molar-refractivity contribution is 0.638. The Hall–Kier alpha value is -2.69. The molecule has 86 valence electrons. The Morgan fingerprint density at radius 2 is 1.94 bits per heavy atom. The van der Waals surface area contributed by atoms with Gasteiger partial charge in [-0.05, 0) is 6.07 Å². The number of pyridine rings is 1. The summed E-state index contributed by atoms with van der Waals surface area (Å²) in [4.78, 5) is 22.7. The molecule has 0 radical (unpaired) electrons. The molecule has 0 aliphatic carbocycles. The van der Waals surface area contributed by atoms with Gasteiger partial charge < -0.3 is 4.42 Å². The fourth-order valence-corrected chi connectivity index (χ4v) is 2.27. The number of aromatic nitrogens is 3. The largest absolute Gasteiger partial charge is 0.421 e. The molecule has 5 heteroatoms. The molecule has 3 heterocycles. The number of furan rings is 1. The van der Waals surface area contributed by atoms with Crippen molar-refractivity contribution in [2.45, 2.75) is 0 Å². The average molecular weight is 237 g/mol. The summed E-state index contributed by atoms with van der Waals surface area (Å²) >= 11 is 0. The van der Waals surface area contributed by atoms with Crippen LogP contribution in [0.15, 0.2) is 46.0 Å². The molecule has 18 heavy (non-hydrogen) atoms. The van der Waals surface area contributed by atoms with E-state index in [2.05, 4.69) is 15.0 Å². The van der Waals surface area contributed by atoms with Crippen LogP contribution in [0.1, 0.15) is 0 Å². The minimum Gasteiger partial charge on any atom is -0.421 e. The predicted octanol–water partition coefficient (Wildman–Crippen LogP) is 2.22. The van der Waals surface area contributed by atoms with Gasteiger partial charge in [0, 0.05) is 17.0 Å². The smallest absolute Gasteiger partial charge is 0.258 e. The van der Waals surface area contributed by atoms with Crippen molar-refractivity contribution >= 4 is 33.0 Å². The molecule has 1 aromatic carbocycles. The molecule has 0 amide bonds. The van der Waals surface area contributed by atoms with Gasteiger partial charge in [-0.3, -0.25) is 9.78 Å². The molecule has 4 aromatic rings. The zero-order valence-corrected chi connectivity index (χ0v) is 9.18. The van der Waals surface area contributed by atoms with Crippen molar-refractivity contribution < 1.29 is 4.42 Å². The van der Waals surface area contributed by atoms with Crippen molar-refractivity contribution in [3.05, 3.63) is 47.1 Å². The van der Waals surface area contributed by atoms with Gasteiger partial charge in [0.05, 0.1) is 10.8 Å². The normalized spacial score (nSPS) is 11.6. The topological polar surface area (TPSA) is 71.8 Å². The van der Waals surface area contributed by atoms with Gasteiger partial charge >= 0.3 is 0 Å². The van der Waals surface area contributed by atoms with Gasteiger partial charge in [0.15, 0.2) is 0 Å². The first-order chi connectivity index (χ1) is 8.84. The fourth-order valence-electron chi connectivity index (χ4n) is 2.27. The highest BCUT2D eigenvalue weighted by atomic mass is 16.3. The number of hydrogen-bond donors (Lipinski definition) is 1. The Kier molecular flexibility index (Phi) is 1.64. The Bertz CT molecular complexity index is 953. The second-order valence-corrected chi connectivity index (χ2v) is 4.05. The first-order valence-electron chi connectivity index (χ1n) is 5.48. The van der Waals surface area contributed by atoms with Gasteiger partial charge in [0.2, 0.25) is 11.4 Å². The van der Waals surface area contributed by atoms with E-state index in [1.807, 2.05) is 18.2 Å². The number of hydrogen-bond acceptors (Lipinski definition) is 4. The fraction of sp³-hybridized carbons (Fsp3) is 0. The van der Waals surface area contributed by atoms with Crippen LogP contribution in [-0.4, -0.2) is 15.0 Å². The molecule has 0 aliphatic heterocycles. The molecule has 5 nitrogen and oxygen atoms in total. The third-order valence-corrected chi connectivity index (χ3v) is 3.04. The third kappa shape index (κ3) is 1.08. The van der Waals surface area contributed by atoms with Gasteiger partial charge in [-0.15, -0.1) is 0 Å². The summed E-state index contributed by atoms with van der Waals surface area (Å²) in [6.45, 7) is 0. The standard InChI is InChI=1S/C13H7N3O2/c17-11-8-4-2-1-3-7(8)10-9-5-14-6-15-12(9)18-13(10)16-11/h1-6H,(H,16,17). The highest BCUT2D eigenvalue weighted by molar-refractivity contribution is 6.16. The van der Waals surface area contributed by atoms with Crippen LogP contribution in [-0.2, 0) is 0 Å². The lowest BCUT2D eigenvalue weighted by Crippen LogP contribution is -2.04. The number of rotatable bonds is 0. The highest BCUT2D eigenvalue weighted by Gasteiger charge is 2.13. The van der Waals surface area contributed by atoms with Crippen LogP contribution in [0.2, 0.25) is 0 Å². The maximum atomic E-state index is 11.9. The van der Waals surface area contributed by atoms with Crippen molar-refractivity contribution in [2.24, 2.45) is 0 Å². The Balaban J connectivity index is 2.43. The monoisotopic (exact) mass is 237 g/mol. The average Bonchev–Trinajstić information content (AvgIpc) is 2.77. The van der Waals surface area contributed by atoms with Gasteiger partial charge in [-0.1, -0.05) is 18.2 Å². The van der Waals surface area contributed by atoms with E-state index in [0.29, 0.717) is 16.8 Å². The summed E-state index contributed by atoms with van der Waals surface area (Å²) in [5.41, 5.74) is 0.756. The van der Waals surface area contributed by atoms with Crippen molar-refractivity contribution in [1.29, 1.82) is 0 Å². The van der Waals surface area contributed by atoms with Crippen molar-refractivity contribution in [1.82, 2.24) is 15.0 Å². The third-order valence-electron chi connectivity index (χ3n) is 3.04. The quantitative estimate of drug-likeness (QED) is 0.509. The zero-order chi connectivity index (χ0) is 12.1. The van der Waals surface area contributed by atoms with E-state index in [9.17, 15) is 4.79 Å². The van der Waals surface area contributed by atoms with Crippen molar-refractivity contribution in [2.75, 3.05) is 0 Å². The number of nitrogens with one attached hydrogen (secondary N) is 1. The molecular weight excluding hydrogens is 230 g/mol. The second-order valence-electron chi connectivity index (χ2n) is 4.05. The lowest BCUT2D eigenvalue weighted by Gasteiger charge is -1.97. The molecule has 0 aliphatic rings. The predicted molar refractivity (Wildman–Crippen MR) is 67.4 cm³/mol. The summed E-state index contributed by atoms with van der Waals surface area (Å²) < 4.78 is 5.53. The molecule has 1 N–H and O–H groups in total. The van der Waals surface area contributed by atoms with E-state index in [-0.39, 0.29) is 5.56 Å². The Morgan fingerprint density at radius 3 is 2.83 bits per heavy atom. The zero-order valence-electron chi connectivity index (χ0n) is 9.18. The van der Waals surface area contributed by atoms with E-state index < -0.39 is 0 Å². The molecule has 0 atom stereocenters. The second kappa shape index (κ2) is 3.16. The minimum atomic E-state index is -0.162. The molecule has 0 spiro atoms. The molecule has 0 fully saturated rings. The van der Waals surface area contributed by atoms with Crippen LogP contribution in [0.25, 0.3) is 33.0 Å². The molecule has 0 unspecified atom stereocenters. The Labute approximate surface area is 100 Å². The van der Waals surface area contributed by atoms with Gasteiger partial charge in [0.25, 0.3) is 5.56 Å². The van der Waals surface area contributed by atoms with Gasteiger partial charge in [0.1, 0.15) is 6.33 Å².